The van der Waals surface area contributed by atoms with Gasteiger partial charge in [0.1, 0.15) is 5.75 Å². The standard InChI is InChI=1S/C17H19BrO2/c1-19-16-9-10-17(18)15(12-16)13-20-11-5-8-14-6-3-2-4-7-14/h2-4,6-7,9-10,12H,5,8,11,13H2,1H3. The molecule has 0 saturated heterocycles. The first kappa shape index (κ1) is 15.1. The smallest absolute Gasteiger partial charge is 0.119 e. The van der Waals surface area contributed by atoms with Crippen LogP contribution in [0.1, 0.15) is 17.5 Å². The molecule has 0 aromatic heterocycles. The van der Waals surface area contributed by atoms with E-state index >= 15 is 0 Å². The van der Waals surface area contributed by atoms with Gasteiger partial charge in [-0.1, -0.05) is 46.3 Å². The van der Waals surface area contributed by atoms with Crippen LogP contribution in [0.15, 0.2) is 53.0 Å². The number of benzene rings is 2. The molecule has 2 nitrogen and oxygen atoms in total. The summed E-state index contributed by atoms with van der Waals surface area (Å²) in [4.78, 5) is 0. The van der Waals surface area contributed by atoms with Gasteiger partial charge in [-0.05, 0) is 42.2 Å². The summed E-state index contributed by atoms with van der Waals surface area (Å²) in [7, 11) is 1.67. The second kappa shape index (κ2) is 8.08. The fraction of sp³-hybridized carbons (Fsp3) is 0.294. The van der Waals surface area contributed by atoms with E-state index in [9.17, 15) is 0 Å². The van der Waals surface area contributed by atoms with Crippen LogP contribution in [0.25, 0.3) is 0 Å². The lowest BCUT2D eigenvalue weighted by molar-refractivity contribution is 0.118. The van der Waals surface area contributed by atoms with E-state index in [1.54, 1.807) is 7.11 Å². The Labute approximate surface area is 128 Å². The minimum atomic E-state index is 0.604. The zero-order valence-corrected chi connectivity index (χ0v) is 13.2. The zero-order chi connectivity index (χ0) is 14.2. The summed E-state index contributed by atoms with van der Waals surface area (Å²) in [5, 5.41) is 0. The van der Waals surface area contributed by atoms with Crippen LogP contribution in [0.4, 0.5) is 0 Å². The molecule has 0 N–H and O–H groups in total. The molecule has 0 heterocycles. The van der Waals surface area contributed by atoms with Gasteiger partial charge in [-0.3, -0.25) is 0 Å². The number of aryl methyl sites for hydroxylation is 1. The quantitative estimate of drug-likeness (QED) is 0.688. The maximum Gasteiger partial charge on any atom is 0.119 e. The molecule has 0 fully saturated rings. The second-order valence-electron chi connectivity index (χ2n) is 4.60. The molecule has 0 spiro atoms. The molecule has 0 aliphatic heterocycles. The predicted octanol–water partition coefficient (Wildman–Crippen LogP) is 4.61. The molecule has 0 aliphatic rings. The third-order valence-electron chi connectivity index (χ3n) is 3.11. The van der Waals surface area contributed by atoms with Crippen molar-refractivity contribution in [2.75, 3.05) is 13.7 Å². The van der Waals surface area contributed by atoms with Gasteiger partial charge >= 0.3 is 0 Å². The van der Waals surface area contributed by atoms with Gasteiger partial charge in [0.15, 0.2) is 0 Å². The van der Waals surface area contributed by atoms with E-state index in [-0.39, 0.29) is 0 Å². The molecule has 0 saturated carbocycles. The maximum absolute atomic E-state index is 5.74. The molecule has 106 valence electrons. The van der Waals surface area contributed by atoms with Crippen molar-refractivity contribution < 1.29 is 9.47 Å². The highest BCUT2D eigenvalue weighted by Gasteiger charge is 2.02. The van der Waals surface area contributed by atoms with Crippen LogP contribution in [-0.4, -0.2) is 13.7 Å². The third-order valence-corrected chi connectivity index (χ3v) is 3.88. The molecule has 0 bridgehead atoms. The highest BCUT2D eigenvalue weighted by atomic mass is 79.9. The molecule has 0 radical (unpaired) electrons. The van der Waals surface area contributed by atoms with E-state index in [4.69, 9.17) is 9.47 Å². The fourth-order valence-corrected chi connectivity index (χ4v) is 2.35. The molecule has 2 aromatic carbocycles. The van der Waals surface area contributed by atoms with E-state index in [1.807, 2.05) is 24.3 Å². The number of hydrogen-bond donors (Lipinski definition) is 0. The lowest BCUT2D eigenvalue weighted by Gasteiger charge is -2.08. The van der Waals surface area contributed by atoms with Gasteiger partial charge in [0.25, 0.3) is 0 Å². The molecular weight excluding hydrogens is 316 g/mol. The van der Waals surface area contributed by atoms with Crippen LogP contribution in [-0.2, 0) is 17.8 Å². The molecule has 2 aromatic rings. The fourth-order valence-electron chi connectivity index (χ4n) is 1.99. The number of hydrogen-bond acceptors (Lipinski definition) is 2. The monoisotopic (exact) mass is 334 g/mol. The summed E-state index contributed by atoms with van der Waals surface area (Å²) in [5.74, 6) is 0.857. The first-order valence-electron chi connectivity index (χ1n) is 6.73. The predicted molar refractivity (Wildman–Crippen MR) is 85.1 cm³/mol. The van der Waals surface area contributed by atoms with Gasteiger partial charge in [-0.15, -0.1) is 0 Å². The van der Waals surface area contributed by atoms with Crippen molar-refractivity contribution in [1.29, 1.82) is 0 Å². The molecule has 0 amide bonds. The third kappa shape index (κ3) is 4.66. The van der Waals surface area contributed by atoms with Crippen molar-refractivity contribution in [1.82, 2.24) is 0 Å². The summed E-state index contributed by atoms with van der Waals surface area (Å²) in [6, 6.07) is 16.4. The van der Waals surface area contributed by atoms with Crippen LogP contribution < -0.4 is 4.74 Å². The Hall–Kier alpha value is -1.32. The molecule has 0 aliphatic carbocycles. The minimum Gasteiger partial charge on any atom is -0.497 e. The van der Waals surface area contributed by atoms with Crippen molar-refractivity contribution in [3.8, 4) is 5.75 Å². The summed E-state index contributed by atoms with van der Waals surface area (Å²) in [6.45, 7) is 1.37. The number of halogens is 1. The summed E-state index contributed by atoms with van der Waals surface area (Å²) in [5.41, 5.74) is 2.47. The lowest BCUT2D eigenvalue weighted by atomic mass is 10.1. The SMILES string of the molecule is COc1ccc(Br)c(COCCCc2ccccc2)c1. The van der Waals surface area contributed by atoms with Crippen LogP contribution in [0.5, 0.6) is 5.75 Å². The minimum absolute atomic E-state index is 0.604. The summed E-state index contributed by atoms with van der Waals surface area (Å²) in [6.07, 6.45) is 2.09. The number of methoxy groups -OCH3 is 1. The first-order valence-corrected chi connectivity index (χ1v) is 7.53. The van der Waals surface area contributed by atoms with Crippen LogP contribution >= 0.6 is 15.9 Å². The Morgan fingerprint density at radius 2 is 1.85 bits per heavy atom. The Bertz CT molecular complexity index is 526. The van der Waals surface area contributed by atoms with Crippen molar-refractivity contribution >= 4 is 15.9 Å². The summed E-state index contributed by atoms with van der Waals surface area (Å²) >= 11 is 3.53. The number of ether oxygens (including phenoxy) is 2. The van der Waals surface area contributed by atoms with Crippen molar-refractivity contribution in [2.24, 2.45) is 0 Å². The molecule has 2 rings (SSSR count). The molecule has 0 atom stereocenters. The van der Waals surface area contributed by atoms with E-state index in [1.165, 1.54) is 5.56 Å². The maximum atomic E-state index is 5.74. The van der Waals surface area contributed by atoms with Crippen LogP contribution in [0, 0.1) is 0 Å². The van der Waals surface area contributed by atoms with Crippen LogP contribution in [0.2, 0.25) is 0 Å². The highest BCUT2D eigenvalue weighted by molar-refractivity contribution is 9.10. The first-order chi connectivity index (χ1) is 9.79. The normalized spacial score (nSPS) is 10.5. The summed E-state index contributed by atoms with van der Waals surface area (Å²) < 4.78 is 12.0. The molecule has 20 heavy (non-hydrogen) atoms. The Kier molecular flexibility index (Phi) is 6.09. The van der Waals surface area contributed by atoms with E-state index in [2.05, 4.69) is 40.2 Å². The average molecular weight is 335 g/mol. The van der Waals surface area contributed by atoms with E-state index < -0.39 is 0 Å². The Morgan fingerprint density at radius 3 is 2.60 bits per heavy atom. The van der Waals surface area contributed by atoms with Gasteiger partial charge in [-0.25, -0.2) is 0 Å². The van der Waals surface area contributed by atoms with E-state index in [0.717, 1.165) is 35.2 Å². The van der Waals surface area contributed by atoms with Gasteiger partial charge in [-0.2, -0.15) is 0 Å². The highest BCUT2D eigenvalue weighted by Crippen LogP contribution is 2.23. The van der Waals surface area contributed by atoms with Gasteiger partial charge < -0.3 is 9.47 Å². The Morgan fingerprint density at radius 1 is 1.05 bits per heavy atom. The second-order valence-corrected chi connectivity index (χ2v) is 5.45. The average Bonchev–Trinajstić information content (AvgIpc) is 2.50. The lowest BCUT2D eigenvalue weighted by Crippen LogP contribution is -1.98. The molecule has 3 heteroatoms. The van der Waals surface area contributed by atoms with E-state index in [0.29, 0.717) is 6.61 Å². The topological polar surface area (TPSA) is 18.5 Å². The van der Waals surface area contributed by atoms with Gasteiger partial charge in [0.05, 0.1) is 13.7 Å². The largest absolute Gasteiger partial charge is 0.497 e. The zero-order valence-electron chi connectivity index (χ0n) is 11.6. The molecular formula is C17H19BrO2. The van der Waals surface area contributed by atoms with Crippen LogP contribution in [0.3, 0.4) is 0 Å². The van der Waals surface area contributed by atoms with Gasteiger partial charge in [0, 0.05) is 11.1 Å². The van der Waals surface area contributed by atoms with Crippen molar-refractivity contribution in [3.05, 3.63) is 64.1 Å². The van der Waals surface area contributed by atoms with Gasteiger partial charge in [0.2, 0.25) is 0 Å². The Balaban J connectivity index is 1.73. The van der Waals surface area contributed by atoms with Crippen molar-refractivity contribution in [2.45, 2.75) is 19.4 Å². The molecule has 0 unspecified atom stereocenters. The van der Waals surface area contributed by atoms with Crippen molar-refractivity contribution in [3.63, 3.8) is 0 Å². The number of rotatable bonds is 7.